The number of fused-ring (bicyclic) bond motifs is 1. The fraction of sp³-hybridized carbons (Fsp3) is 0.318. The Morgan fingerprint density at radius 2 is 1.62 bits per heavy atom. The van der Waals surface area contributed by atoms with Crippen LogP contribution in [0, 0.1) is 0 Å². The van der Waals surface area contributed by atoms with Crippen LogP contribution in [0.1, 0.15) is 56.2 Å². The minimum Gasteiger partial charge on any atom is -0.358 e. The molecule has 0 fully saturated rings. The first kappa shape index (κ1) is 18.2. The molecule has 3 rings (SSSR count). The summed E-state index contributed by atoms with van der Waals surface area (Å²) < 4.78 is 13.9. The number of nitrogens with one attached hydrogen (secondary N) is 2. The van der Waals surface area contributed by atoms with E-state index in [1.54, 1.807) is 24.3 Å². The summed E-state index contributed by atoms with van der Waals surface area (Å²) in [6.07, 6.45) is 0. The number of benzene rings is 2. The second kappa shape index (κ2) is 6.27. The lowest BCUT2D eigenvalue weighted by atomic mass is 9.92. The molecule has 0 atom stereocenters. The molecule has 136 valence electrons. The summed E-state index contributed by atoms with van der Waals surface area (Å²) in [6.45, 7) is 9.47. The number of H-pyrrole nitrogens is 1. The first-order valence-electron chi connectivity index (χ1n) is 8.78. The van der Waals surface area contributed by atoms with Gasteiger partial charge in [-0.15, -0.1) is 0 Å². The molecule has 2 N–H and O–H groups in total. The highest BCUT2D eigenvalue weighted by Gasteiger charge is 2.19. The molecule has 4 heteroatoms. The van der Waals surface area contributed by atoms with E-state index < -0.39 is 5.67 Å². The van der Waals surface area contributed by atoms with Crippen molar-refractivity contribution in [2.24, 2.45) is 0 Å². The Balaban J connectivity index is 1.80. The summed E-state index contributed by atoms with van der Waals surface area (Å²) in [6, 6.07) is 14.5. The Hall–Kier alpha value is -2.62. The quantitative estimate of drug-likeness (QED) is 0.603. The smallest absolute Gasteiger partial charge is 0.255 e. The molecule has 0 saturated carbocycles. The number of alkyl halides is 1. The van der Waals surface area contributed by atoms with Gasteiger partial charge < -0.3 is 10.3 Å². The topological polar surface area (TPSA) is 44.9 Å². The zero-order valence-electron chi connectivity index (χ0n) is 15.9. The maximum atomic E-state index is 13.9. The maximum Gasteiger partial charge on any atom is 0.255 e. The minimum atomic E-state index is -1.42. The number of halogens is 1. The highest BCUT2D eigenvalue weighted by molar-refractivity contribution is 6.05. The van der Waals surface area contributed by atoms with Crippen molar-refractivity contribution >= 4 is 22.5 Å². The molecule has 3 aromatic rings. The van der Waals surface area contributed by atoms with Gasteiger partial charge in [0.15, 0.2) is 0 Å². The fourth-order valence-electron chi connectivity index (χ4n) is 2.84. The van der Waals surface area contributed by atoms with E-state index in [9.17, 15) is 9.18 Å². The fourth-order valence-corrected chi connectivity index (χ4v) is 2.84. The van der Waals surface area contributed by atoms with Gasteiger partial charge in [-0.2, -0.15) is 0 Å². The number of aromatic amines is 1. The molecule has 0 spiro atoms. The van der Waals surface area contributed by atoms with Crippen LogP contribution in [0.3, 0.4) is 0 Å². The third-order valence-corrected chi connectivity index (χ3v) is 4.52. The first-order chi connectivity index (χ1) is 12.0. The number of carbonyl (C=O) groups is 1. The average molecular weight is 352 g/mol. The number of hydrogen-bond donors (Lipinski definition) is 2. The van der Waals surface area contributed by atoms with Crippen molar-refractivity contribution in [3.05, 3.63) is 65.4 Å². The van der Waals surface area contributed by atoms with Gasteiger partial charge in [0, 0.05) is 33.3 Å². The molecular formula is C22H25FN2O. The third kappa shape index (κ3) is 3.79. The molecule has 1 aromatic heterocycles. The predicted octanol–water partition coefficient (Wildman–Crippen LogP) is 5.92. The highest BCUT2D eigenvalue weighted by Crippen LogP contribution is 2.28. The van der Waals surface area contributed by atoms with Crippen molar-refractivity contribution in [3.63, 3.8) is 0 Å². The number of anilines is 1. The van der Waals surface area contributed by atoms with Gasteiger partial charge >= 0.3 is 0 Å². The van der Waals surface area contributed by atoms with Crippen LogP contribution in [0.5, 0.6) is 0 Å². The van der Waals surface area contributed by atoms with Crippen molar-refractivity contribution in [2.45, 2.75) is 45.7 Å². The molecular weight excluding hydrogens is 327 g/mol. The van der Waals surface area contributed by atoms with Crippen molar-refractivity contribution in [2.75, 3.05) is 5.32 Å². The number of hydrogen-bond acceptors (Lipinski definition) is 1. The van der Waals surface area contributed by atoms with Crippen molar-refractivity contribution in [3.8, 4) is 0 Å². The van der Waals surface area contributed by atoms with Gasteiger partial charge in [-0.25, -0.2) is 4.39 Å². The van der Waals surface area contributed by atoms with E-state index in [0.717, 1.165) is 22.3 Å². The molecule has 0 aliphatic carbocycles. The second-order valence-electron chi connectivity index (χ2n) is 8.24. The van der Waals surface area contributed by atoms with Crippen LogP contribution in [0.25, 0.3) is 10.9 Å². The Bertz CT molecular complexity index is 941. The van der Waals surface area contributed by atoms with Crippen molar-refractivity contribution in [1.29, 1.82) is 0 Å². The van der Waals surface area contributed by atoms with E-state index in [4.69, 9.17) is 0 Å². The summed E-state index contributed by atoms with van der Waals surface area (Å²) in [7, 11) is 0. The van der Waals surface area contributed by atoms with Gasteiger partial charge in [0.05, 0.1) is 0 Å². The lowest BCUT2D eigenvalue weighted by molar-refractivity contribution is 0.102. The highest BCUT2D eigenvalue weighted by atomic mass is 19.1. The van der Waals surface area contributed by atoms with E-state index in [1.807, 2.05) is 18.2 Å². The summed E-state index contributed by atoms with van der Waals surface area (Å²) in [4.78, 5) is 15.9. The number of amides is 1. The maximum absolute atomic E-state index is 13.9. The van der Waals surface area contributed by atoms with Gasteiger partial charge in [-0.1, -0.05) is 32.9 Å². The monoisotopic (exact) mass is 352 g/mol. The molecule has 0 radical (unpaired) electrons. The van der Waals surface area contributed by atoms with E-state index in [2.05, 4.69) is 37.1 Å². The standard InChI is InChI=1S/C22H25FN2O/c1-21(2,3)19-13-15-12-17(10-11-18(15)25-19)24-20(26)14-6-8-16(9-7-14)22(4,5)23/h6-13,25H,1-5H3,(H,24,26). The van der Waals surface area contributed by atoms with Gasteiger partial charge in [-0.05, 0) is 55.8 Å². The Morgan fingerprint density at radius 3 is 2.19 bits per heavy atom. The minimum absolute atomic E-state index is 0.0361. The molecule has 1 heterocycles. The van der Waals surface area contributed by atoms with Crippen molar-refractivity contribution in [1.82, 2.24) is 4.98 Å². The van der Waals surface area contributed by atoms with Gasteiger partial charge in [0.25, 0.3) is 5.91 Å². The summed E-state index contributed by atoms with van der Waals surface area (Å²) in [5, 5.41) is 3.97. The largest absolute Gasteiger partial charge is 0.358 e. The number of carbonyl (C=O) groups excluding carboxylic acids is 1. The van der Waals surface area contributed by atoms with Crippen LogP contribution in [0.15, 0.2) is 48.5 Å². The number of rotatable bonds is 3. The van der Waals surface area contributed by atoms with Gasteiger partial charge in [0.2, 0.25) is 0 Å². The molecule has 0 unspecified atom stereocenters. The average Bonchev–Trinajstić information content (AvgIpc) is 2.98. The van der Waals surface area contributed by atoms with Crippen LogP contribution in [0.2, 0.25) is 0 Å². The van der Waals surface area contributed by atoms with Crippen molar-refractivity contribution < 1.29 is 9.18 Å². The second-order valence-corrected chi connectivity index (χ2v) is 8.24. The lowest BCUT2D eigenvalue weighted by Gasteiger charge is -2.15. The predicted molar refractivity (Wildman–Crippen MR) is 106 cm³/mol. The van der Waals surface area contributed by atoms with E-state index in [-0.39, 0.29) is 11.3 Å². The van der Waals surface area contributed by atoms with Crippen LogP contribution < -0.4 is 5.32 Å². The molecule has 26 heavy (non-hydrogen) atoms. The number of aromatic nitrogens is 1. The van der Waals surface area contributed by atoms with Crippen LogP contribution in [-0.2, 0) is 11.1 Å². The first-order valence-corrected chi connectivity index (χ1v) is 8.78. The molecule has 0 aliphatic heterocycles. The molecule has 0 aliphatic rings. The molecule has 2 aromatic carbocycles. The molecule has 0 bridgehead atoms. The Kier molecular flexibility index (Phi) is 4.39. The third-order valence-electron chi connectivity index (χ3n) is 4.52. The van der Waals surface area contributed by atoms with Gasteiger partial charge in [-0.3, -0.25) is 4.79 Å². The Labute approximate surface area is 153 Å². The summed E-state index contributed by atoms with van der Waals surface area (Å²) in [5.41, 5.74) is 2.60. The summed E-state index contributed by atoms with van der Waals surface area (Å²) >= 11 is 0. The normalized spacial score (nSPS) is 12.4. The lowest BCUT2D eigenvalue weighted by Crippen LogP contribution is -2.13. The van der Waals surface area contributed by atoms with E-state index >= 15 is 0 Å². The zero-order valence-corrected chi connectivity index (χ0v) is 15.9. The van der Waals surface area contributed by atoms with Crippen LogP contribution >= 0.6 is 0 Å². The molecule has 3 nitrogen and oxygen atoms in total. The Morgan fingerprint density at radius 1 is 0.962 bits per heavy atom. The van der Waals surface area contributed by atoms with Crippen LogP contribution in [-0.4, -0.2) is 10.9 Å². The van der Waals surface area contributed by atoms with Gasteiger partial charge in [0.1, 0.15) is 5.67 Å². The van der Waals surface area contributed by atoms with E-state index in [0.29, 0.717) is 11.1 Å². The van der Waals surface area contributed by atoms with Crippen LogP contribution in [0.4, 0.5) is 10.1 Å². The molecule has 0 saturated heterocycles. The van der Waals surface area contributed by atoms with E-state index in [1.165, 1.54) is 13.8 Å². The molecule has 1 amide bonds. The summed E-state index contributed by atoms with van der Waals surface area (Å²) in [5.74, 6) is -0.209. The zero-order chi connectivity index (χ0) is 19.1. The SMILES string of the molecule is CC(C)(C)c1cc2cc(NC(=O)c3ccc(C(C)(C)F)cc3)ccc2[nH]1.